The quantitative estimate of drug-likeness (QED) is 0.618. The maximum Gasteiger partial charge on any atom is 0.135 e. The highest BCUT2D eigenvalue weighted by atomic mass is 33.1. The highest BCUT2D eigenvalue weighted by Gasteiger charge is 2.10. The van der Waals surface area contributed by atoms with Crippen molar-refractivity contribution in [2.45, 2.75) is 39.5 Å². The molecule has 1 unspecified atom stereocenters. The first kappa shape index (κ1) is 13.8. The standard InChI is InChI=1S/C11H21NS3/c1-3-5-6-10(4-2)9-14-15-11-12-7-8-13-11/h10H,3-9H2,1-2H3. The predicted molar refractivity (Wildman–Crippen MR) is 78.1 cm³/mol. The zero-order valence-corrected chi connectivity index (χ0v) is 12.1. The molecule has 88 valence electrons. The third-order valence-electron chi connectivity index (χ3n) is 2.53. The molecule has 0 aromatic carbocycles. The van der Waals surface area contributed by atoms with Gasteiger partial charge >= 0.3 is 0 Å². The van der Waals surface area contributed by atoms with Crippen LogP contribution in [0, 0.1) is 5.92 Å². The lowest BCUT2D eigenvalue weighted by Gasteiger charge is -2.12. The van der Waals surface area contributed by atoms with E-state index < -0.39 is 0 Å². The molecular weight excluding hydrogens is 242 g/mol. The molecule has 1 aliphatic heterocycles. The molecule has 1 atom stereocenters. The number of nitrogens with zero attached hydrogens (tertiary/aromatic N) is 1. The molecule has 4 heteroatoms. The van der Waals surface area contributed by atoms with Gasteiger partial charge in [0, 0.05) is 11.5 Å². The van der Waals surface area contributed by atoms with Crippen LogP contribution in [0.25, 0.3) is 0 Å². The fourth-order valence-electron chi connectivity index (χ4n) is 1.44. The Labute approximate surface area is 106 Å². The average molecular weight is 263 g/mol. The number of unbranched alkanes of at least 4 members (excludes halogenated alkanes) is 1. The summed E-state index contributed by atoms with van der Waals surface area (Å²) >= 11 is 1.91. The molecule has 1 nitrogen and oxygen atoms in total. The van der Waals surface area contributed by atoms with E-state index in [9.17, 15) is 0 Å². The fourth-order valence-corrected chi connectivity index (χ4v) is 5.44. The van der Waals surface area contributed by atoms with Crippen molar-refractivity contribution in [2.75, 3.05) is 18.1 Å². The van der Waals surface area contributed by atoms with Gasteiger partial charge in [-0.3, -0.25) is 4.99 Å². The molecule has 1 aliphatic rings. The van der Waals surface area contributed by atoms with E-state index in [-0.39, 0.29) is 0 Å². The Hall–Kier alpha value is 0.720. The Bertz CT molecular complexity index is 194. The Morgan fingerprint density at radius 3 is 2.93 bits per heavy atom. The van der Waals surface area contributed by atoms with Crippen LogP contribution in [0.3, 0.4) is 0 Å². The molecule has 0 radical (unpaired) electrons. The second-order valence-corrected chi connectivity index (χ2v) is 7.45. The van der Waals surface area contributed by atoms with Gasteiger partial charge in [0.05, 0.1) is 6.54 Å². The van der Waals surface area contributed by atoms with Crippen LogP contribution in [-0.2, 0) is 0 Å². The Balaban J connectivity index is 2.05. The zero-order valence-electron chi connectivity index (χ0n) is 9.70. The minimum absolute atomic E-state index is 0.912. The molecule has 0 aliphatic carbocycles. The van der Waals surface area contributed by atoms with Crippen LogP contribution in [0.15, 0.2) is 4.99 Å². The molecule has 0 bridgehead atoms. The summed E-state index contributed by atoms with van der Waals surface area (Å²) < 4.78 is 1.30. The summed E-state index contributed by atoms with van der Waals surface area (Å²) in [5, 5.41) is 0. The first-order valence-electron chi connectivity index (χ1n) is 5.83. The maximum atomic E-state index is 4.44. The van der Waals surface area contributed by atoms with E-state index in [4.69, 9.17) is 0 Å². The molecule has 0 saturated carbocycles. The zero-order chi connectivity index (χ0) is 10.9. The molecule has 0 N–H and O–H groups in total. The van der Waals surface area contributed by atoms with E-state index in [1.165, 1.54) is 41.6 Å². The van der Waals surface area contributed by atoms with E-state index in [1.54, 1.807) is 0 Å². The largest absolute Gasteiger partial charge is 0.270 e. The first-order chi connectivity index (χ1) is 7.36. The van der Waals surface area contributed by atoms with Crippen LogP contribution in [0.5, 0.6) is 0 Å². The van der Waals surface area contributed by atoms with Crippen molar-refractivity contribution in [2.24, 2.45) is 10.9 Å². The minimum Gasteiger partial charge on any atom is -0.270 e. The van der Waals surface area contributed by atoms with Gasteiger partial charge in [-0.2, -0.15) is 0 Å². The van der Waals surface area contributed by atoms with E-state index in [0.29, 0.717) is 0 Å². The smallest absolute Gasteiger partial charge is 0.135 e. The van der Waals surface area contributed by atoms with Crippen LogP contribution < -0.4 is 0 Å². The lowest BCUT2D eigenvalue weighted by Crippen LogP contribution is -2.01. The summed E-state index contributed by atoms with van der Waals surface area (Å²) in [6, 6.07) is 0. The molecular formula is C11H21NS3. The molecule has 0 saturated heterocycles. The normalized spacial score (nSPS) is 17.9. The molecule has 15 heavy (non-hydrogen) atoms. The lowest BCUT2D eigenvalue weighted by molar-refractivity contribution is 0.500. The van der Waals surface area contributed by atoms with Crippen LogP contribution in [0.1, 0.15) is 39.5 Å². The monoisotopic (exact) mass is 263 g/mol. The van der Waals surface area contributed by atoms with Gasteiger partial charge in [0.15, 0.2) is 0 Å². The van der Waals surface area contributed by atoms with Gasteiger partial charge in [-0.05, 0) is 23.1 Å². The summed E-state index contributed by atoms with van der Waals surface area (Å²) in [5.74, 6) is 3.39. The first-order valence-corrected chi connectivity index (χ1v) is 9.14. The predicted octanol–water partition coefficient (Wildman–Crippen LogP) is 4.69. The number of hydrogen-bond donors (Lipinski definition) is 0. The van der Waals surface area contributed by atoms with Crippen LogP contribution >= 0.6 is 33.3 Å². The van der Waals surface area contributed by atoms with Crippen molar-refractivity contribution in [3.63, 3.8) is 0 Å². The second kappa shape index (κ2) is 8.82. The van der Waals surface area contributed by atoms with Crippen molar-refractivity contribution in [1.29, 1.82) is 0 Å². The third-order valence-corrected chi connectivity index (χ3v) is 6.45. The molecule has 1 rings (SSSR count). The van der Waals surface area contributed by atoms with Gasteiger partial charge in [0.25, 0.3) is 0 Å². The lowest BCUT2D eigenvalue weighted by atomic mass is 10.0. The van der Waals surface area contributed by atoms with Crippen LogP contribution in [-0.4, -0.2) is 22.4 Å². The van der Waals surface area contributed by atoms with E-state index >= 15 is 0 Å². The van der Waals surface area contributed by atoms with Gasteiger partial charge in [-0.15, -0.1) is 0 Å². The highest BCUT2D eigenvalue weighted by molar-refractivity contribution is 8.86. The average Bonchev–Trinajstić information content (AvgIpc) is 2.76. The number of aliphatic imine (C=N–C) groups is 1. The second-order valence-electron chi connectivity index (χ2n) is 3.78. The Morgan fingerprint density at radius 1 is 1.47 bits per heavy atom. The molecule has 0 amide bonds. The summed E-state index contributed by atoms with van der Waals surface area (Å²) in [7, 11) is 3.89. The summed E-state index contributed by atoms with van der Waals surface area (Å²) in [5.41, 5.74) is 0. The molecule has 1 heterocycles. The van der Waals surface area contributed by atoms with Crippen molar-refractivity contribution in [3.05, 3.63) is 0 Å². The van der Waals surface area contributed by atoms with Crippen LogP contribution in [0.4, 0.5) is 0 Å². The SMILES string of the molecule is CCCCC(CC)CSSC1=NCCS1. The Morgan fingerprint density at radius 2 is 2.33 bits per heavy atom. The summed E-state index contributed by atoms with van der Waals surface area (Å²) in [6.45, 7) is 5.62. The third kappa shape index (κ3) is 6.12. The molecule has 0 aromatic rings. The van der Waals surface area contributed by atoms with Gasteiger partial charge in [-0.1, -0.05) is 55.7 Å². The van der Waals surface area contributed by atoms with Gasteiger partial charge in [0.1, 0.15) is 4.38 Å². The maximum absolute atomic E-state index is 4.44. The van der Waals surface area contributed by atoms with Crippen LogP contribution in [0.2, 0.25) is 0 Å². The van der Waals surface area contributed by atoms with Gasteiger partial charge in [-0.25, -0.2) is 0 Å². The number of thioether (sulfide) groups is 1. The summed E-state index contributed by atoms with van der Waals surface area (Å²) in [6.07, 6.45) is 5.45. The van der Waals surface area contributed by atoms with E-state index in [1.807, 2.05) is 33.3 Å². The molecule has 0 spiro atoms. The minimum atomic E-state index is 0.912. The fraction of sp³-hybridized carbons (Fsp3) is 0.909. The van der Waals surface area contributed by atoms with Gasteiger partial charge in [0.2, 0.25) is 0 Å². The van der Waals surface area contributed by atoms with Crippen molar-refractivity contribution in [3.8, 4) is 0 Å². The van der Waals surface area contributed by atoms with Gasteiger partial charge < -0.3 is 0 Å². The van der Waals surface area contributed by atoms with E-state index in [0.717, 1.165) is 12.5 Å². The highest BCUT2D eigenvalue weighted by Crippen LogP contribution is 2.34. The van der Waals surface area contributed by atoms with Crippen molar-refractivity contribution >= 4 is 37.7 Å². The molecule has 0 aromatic heterocycles. The Kier molecular flexibility index (Phi) is 8.11. The number of rotatable bonds is 7. The topological polar surface area (TPSA) is 12.4 Å². The molecule has 0 fully saturated rings. The van der Waals surface area contributed by atoms with Crippen molar-refractivity contribution in [1.82, 2.24) is 0 Å². The summed E-state index contributed by atoms with van der Waals surface area (Å²) in [4.78, 5) is 4.44. The number of hydrogen-bond acceptors (Lipinski definition) is 4. The van der Waals surface area contributed by atoms with E-state index in [2.05, 4.69) is 18.8 Å². The van der Waals surface area contributed by atoms with Crippen molar-refractivity contribution < 1.29 is 0 Å².